The van der Waals surface area contributed by atoms with Gasteiger partial charge in [0.05, 0.1) is 6.10 Å². The third-order valence-electron chi connectivity index (χ3n) is 2.20. The molecule has 0 aliphatic heterocycles. The molecule has 4 heteroatoms. The van der Waals surface area contributed by atoms with Gasteiger partial charge in [0, 0.05) is 22.4 Å². The second-order valence-corrected chi connectivity index (χ2v) is 7.10. The third-order valence-corrected chi connectivity index (χ3v) is 4.13. The maximum Gasteiger partial charge on any atom is 0.0669 e. The van der Waals surface area contributed by atoms with E-state index >= 15 is 0 Å². The van der Waals surface area contributed by atoms with Gasteiger partial charge < -0.3 is 10.4 Å². The minimum Gasteiger partial charge on any atom is -0.392 e. The molecule has 0 aromatic carbocycles. The minimum atomic E-state index is -0.265. The minimum absolute atomic E-state index is 0.185. The molecule has 92 valence electrons. The number of aliphatic hydroxyl groups excluding tert-OH is 1. The molecule has 0 saturated heterocycles. The number of rotatable bonds is 5. The van der Waals surface area contributed by atoms with Crippen molar-refractivity contribution >= 4 is 27.3 Å². The fourth-order valence-electron chi connectivity index (χ4n) is 1.58. The average Bonchev–Trinajstić information content (AvgIpc) is 2.48. The molecule has 2 nitrogen and oxygen atoms in total. The first kappa shape index (κ1) is 14.2. The van der Waals surface area contributed by atoms with Gasteiger partial charge in [0.1, 0.15) is 0 Å². The molecule has 0 bridgehead atoms. The predicted molar refractivity (Wildman–Crippen MR) is 73.8 cm³/mol. The maximum absolute atomic E-state index is 9.81. The largest absolute Gasteiger partial charge is 0.392 e. The Balaban J connectivity index is 2.23. The van der Waals surface area contributed by atoms with Crippen molar-refractivity contribution in [1.82, 2.24) is 5.32 Å². The Labute approximate surface area is 110 Å². The molecule has 1 unspecified atom stereocenters. The van der Waals surface area contributed by atoms with Gasteiger partial charge in [-0.15, -0.1) is 11.3 Å². The fourth-order valence-corrected chi connectivity index (χ4v) is 3.04. The van der Waals surface area contributed by atoms with Crippen LogP contribution in [0.2, 0.25) is 0 Å². The zero-order valence-electron chi connectivity index (χ0n) is 10.1. The van der Waals surface area contributed by atoms with Crippen molar-refractivity contribution in [2.45, 2.75) is 39.8 Å². The number of nitrogens with one attached hydrogen (secondary N) is 1. The van der Waals surface area contributed by atoms with Crippen LogP contribution in [0.15, 0.2) is 15.9 Å². The lowest BCUT2D eigenvalue weighted by atomic mass is 9.89. The monoisotopic (exact) mass is 305 g/mol. The molecule has 0 aliphatic rings. The summed E-state index contributed by atoms with van der Waals surface area (Å²) in [4.78, 5) is 1.28. The maximum atomic E-state index is 9.81. The first-order valence-electron chi connectivity index (χ1n) is 5.49. The van der Waals surface area contributed by atoms with Gasteiger partial charge in [-0.25, -0.2) is 0 Å². The van der Waals surface area contributed by atoms with Crippen LogP contribution in [-0.2, 0) is 6.54 Å². The average molecular weight is 306 g/mol. The number of aliphatic hydroxyl groups is 1. The summed E-state index contributed by atoms with van der Waals surface area (Å²) in [5, 5.41) is 15.2. The van der Waals surface area contributed by atoms with Crippen molar-refractivity contribution in [2.75, 3.05) is 6.54 Å². The normalized spacial score (nSPS) is 14.1. The highest BCUT2D eigenvalue weighted by Crippen LogP contribution is 2.23. The van der Waals surface area contributed by atoms with Crippen LogP contribution in [0.1, 0.15) is 32.1 Å². The van der Waals surface area contributed by atoms with E-state index in [-0.39, 0.29) is 11.5 Å². The lowest BCUT2D eigenvalue weighted by Crippen LogP contribution is -2.29. The van der Waals surface area contributed by atoms with Crippen LogP contribution in [0.3, 0.4) is 0 Å². The highest BCUT2D eigenvalue weighted by Gasteiger charge is 2.16. The standard InChI is InChI=1S/C12H20BrNOS/c1-12(2,3)6-9(15)7-14-8-11-10(13)4-5-16-11/h4-5,9,14-15H,6-8H2,1-3H3. The number of halogens is 1. The molecule has 1 aromatic rings. The zero-order valence-corrected chi connectivity index (χ0v) is 12.5. The van der Waals surface area contributed by atoms with Crippen LogP contribution in [0.25, 0.3) is 0 Å². The fraction of sp³-hybridized carbons (Fsp3) is 0.667. The molecule has 1 heterocycles. The molecule has 2 N–H and O–H groups in total. The molecule has 1 rings (SSSR count). The second kappa shape index (κ2) is 6.15. The molecule has 1 atom stereocenters. The van der Waals surface area contributed by atoms with Gasteiger partial charge in [0.2, 0.25) is 0 Å². The van der Waals surface area contributed by atoms with Crippen molar-refractivity contribution in [3.63, 3.8) is 0 Å². The SMILES string of the molecule is CC(C)(C)CC(O)CNCc1sccc1Br. The Morgan fingerprint density at radius 3 is 2.69 bits per heavy atom. The van der Waals surface area contributed by atoms with Gasteiger partial charge in [-0.2, -0.15) is 0 Å². The summed E-state index contributed by atoms with van der Waals surface area (Å²) in [5.41, 5.74) is 0.185. The van der Waals surface area contributed by atoms with Gasteiger partial charge in [0.25, 0.3) is 0 Å². The van der Waals surface area contributed by atoms with E-state index in [0.29, 0.717) is 6.54 Å². The van der Waals surface area contributed by atoms with Crippen LogP contribution in [0.5, 0.6) is 0 Å². The molecular weight excluding hydrogens is 286 g/mol. The van der Waals surface area contributed by atoms with Crippen molar-refractivity contribution in [2.24, 2.45) is 5.41 Å². The Morgan fingerprint density at radius 1 is 1.50 bits per heavy atom. The van der Waals surface area contributed by atoms with Gasteiger partial charge in [0.15, 0.2) is 0 Å². The van der Waals surface area contributed by atoms with Crippen molar-refractivity contribution < 1.29 is 5.11 Å². The Kier molecular flexibility index (Phi) is 5.44. The first-order chi connectivity index (χ1) is 7.38. The van der Waals surface area contributed by atoms with Crippen LogP contribution >= 0.6 is 27.3 Å². The van der Waals surface area contributed by atoms with E-state index < -0.39 is 0 Å². The van der Waals surface area contributed by atoms with E-state index in [1.165, 1.54) is 4.88 Å². The van der Waals surface area contributed by atoms with Gasteiger partial charge in [-0.05, 0) is 39.2 Å². The molecule has 0 spiro atoms. The summed E-state index contributed by atoms with van der Waals surface area (Å²) in [5.74, 6) is 0. The molecule has 0 aliphatic carbocycles. The van der Waals surface area contributed by atoms with Crippen molar-refractivity contribution in [3.8, 4) is 0 Å². The van der Waals surface area contributed by atoms with E-state index in [0.717, 1.165) is 17.4 Å². The topological polar surface area (TPSA) is 32.3 Å². The zero-order chi connectivity index (χ0) is 12.2. The third kappa shape index (κ3) is 5.43. The summed E-state index contributed by atoms with van der Waals surface area (Å²) in [6, 6.07) is 2.05. The van der Waals surface area contributed by atoms with Crippen molar-refractivity contribution in [1.29, 1.82) is 0 Å². The quantitative estimate of drug-likeness (QED) is 0.874. The molecule has 1 aromatic heterocycles. The molecule has 0 saturated carbocycles. The highest BCUT2D eigenvalue weighted by molar-refractivity contribution is 9.10. The van der Waals surface area contributed by atoms with Gasteiger partial charge >= 0.3 is 0 Å². The number of hydrogen-bond acceptors (Lipinski definition) is 3. The molecule has 0 radical (unpaired) electrons. The van der Waals surface area contributed by atoms with E-state index in [1.54, 1.807) is 11.3 Å². The predicted octanol–water partition coefficient (Wildman–Crippen LogP) is 3.40. The Hall–Kier alpha value is 0.100. The molecule has 0 amide bonds. The van der Waals surface area contributed by atoms with Crippen LogP contribution in [-0.4, -0.2) is 17.8 Å². The number of thiophene rings is 1. The summed E-state index contributed by atoms with van der Waals surface area (Å²) in [6.45, 7) is 7.91. The van der Waals surface area contributed by atoms with E-state index in [2.05, 4.69) is 47.4 Å². The Morgan fingerprint density at radius 2 is 2.19 bits per heavy atom. The van der Waals surface area contributed by atoms with Crippen LogP contribution < -0.4 is 5.32 Å². The number of hydrogen-bond donors (Lipinski definition) is 2. The van der Waals surface area contributed by atoms with Gasteiger partial charge in [-0.3, -0.25) is 0 Å². The molecule has 0 fully saturated rings. The van der Waals surface area contributed by atoms with Gasteiger partial charge in [-0.1, -0.05) is 20.8 Å². The smallest absolute Gasteiger partial charge is 0.0669 e. The van der Waals surface area contributed by atoms with Crippen molar-refractivity contribution in [3.05, 3.63) is 20.8 Å². The summed E-state index contributed by atoms with van der Waals surface area (Å²) in [7, 11) is 0. The first-order valence-corrected chi connectivity index (χ1v) is 7.16. The van der Waals surface area contributed by atoms with E-state index in [4.69, 9.17) is 0 Å². The Bertz CT molecular complexity index is 319. The lowest BCUT2D eigenvalue weighted by Gasteiger charge is -2.22. The van der Waals surface area contributed by atoms with Crippen LogP contribution in [0.4, 0.5) is 0 Å². The summed E-state index contributed by atoms with van der Waals surface area (Å²) in [6.07, 6.45) is 0.560. The molecule has 16 heavy (non-hydrogen) atoms. The van der Waals surface area contributed by atoms with Crippen LogP contribution in [0, 0.1) is 5.41 Å². The second-order valence-electron chi connectivity index (χ2n) is 5.24. The molecular formula is C12H20BrNOS. The highest BCUT2D eigenvalue weighted by atomic mass is 79.9. The summed E-state index contributed by atoms with van der Waals surface area (Å²) < 4.78 is 1.15. The lowest BCUT2D eigenvalue weighted by molar-refractivity contribution is 0.119. The van der Waals surface area contributed by atoms with E-state index in [1.807, 2.05) is 6.07 Å². The summed E-state index contributed by atoms with van der Waals surface area (Å²) >= 11 is 5.21. The van der Waals surface area contributed by atoms with E-state index in [9.17, 15) is 5.11 Å².